The van der Waals surface area contributed by atoms with E-state index in [1.54, 1.807) is 0 Å². The molecular weight excluding hydrogens is 338 g/mol. The Hall–Kier alpha value is -2.66. The second-order valence-corrected chi connectivity index (χ2v) is 7.12. The van der Waals surface area contributed by atoms with Gasteiger partial charge in [0.1, 0.15) is 5.65 Å². The lowest BCUT2D eigenvalue weighted by Gasteiger charge is -2.14. The maximum atomic E-state index is 12.6. The van der Waals surface area contributed by atoms with Crippen LogP contribution in [0, 0.1) is 20.8 Å². The number of benzene rings is 1. The lowest BCUT2D eigenvalue weighted by molar-refractivity contribution is -0.121. The second kappa shape index (κ2) is 7.92. The number of aryl methyl sites for hydroxylation is 3. The minimum absolute atomic E-state index is 0.0570. The van der Waals surface area contributed by atoms with Crippen LogP contribution in [0.2, 0.25) is 0 Å². The van der Waals surface area contributed by atoms with E-state index < -0.39 is 0 Å². The van der Waals surface area contributed by atoms with E-state index in [1.807, 2.05) is 36.6 Å². The molecule has 2 N–H and O–H groups in total. The van der Waals surface area contributed by atoms with Crippen LogP contribution in [-0.4, -0.2) is 33.0 Å². The third-order valence-corrected chi connectivity index (χ3v) is 5.13. The van der Waals surface area contributed by atoms with Gasteiger partial charge >= 0.3 is 0 Å². The molecule has 1 aromatic carbocycles. The highest BCUT2D eigenvalue weighted by molar-refractivity contribution is 5.82. The van der Waals surface area contributed by atoms with Gasteiger partial charge in [-0.1, -0.05) is 25.1 Å². The van der Waals surface area contributed by atoms with Crippen molar-refractivity contribution >= 4 is 11.6 Å². The smallest absolute Gasteiger partial charge is 0.226 e. The fourth-order valence-corrected chi connectivity index (χ4v) is 3.25. The maximum Gasteiger partial charge on any atom is 0.226 e. The fourth-order valence-electron chi connectivity index (χ4n) is 3.25. The van der Waals surface area contributed by atoms with Crippen LogP contribution in [0.25, 0.3) is 16.9 Å². The van der Waals surface area contributed by atoms with E-state index in [0.717, 1.165) is 28.2 Å². The third-order valence-electron chi connectivity index (χ3n) is 5.13. The lowest BCUT2D eigenvalue weighted by atomic mass is 10.0. The minimum atomic E-state index is -0.219. The SMILES string of the molecule is CCC(CO)NC(=O)Cc1c(-c2ccc(C)c(C)c2)nc2c(C)cccn12. The Balaban J connectivity index is 2.07. The van der Waals surface area contributed by atoms with Crippen LogP contribution in [0.4, 0.5) is 0 Å². The van der Waals surface area contributed by atoms with Crippen LogP contribution in [0.1, 0.15) is 35.7 Å². The number of fused-ring (bicyclic) bond motifs is 1. The van der Waals surface area contributed by atoms with E-state index in [2.05, 4.69) is 37.4 Å². The van der Waals surface area contributed by atoms with Crippen molar-refractivity contribution in [2.75, 3.05) is 6.61 Å². The standard InChI is InChI=1S/C22H27N3O2/c1-5-18(13-26)23-20(27)12-19-21(17-9-8-14(2)16(4)11-17)24-22-15(3)7-6-10-25(19)22/h6-11,18,26H,5,12-13H2,1-4H3,(H,23,27). The van der Waals surface area contributed by atoms with Crippen LogP contribution in [0.3, 0.4) is 0 Å². The highest BCUT2D eigenvalue weighted by atomic mass is 16.3. The van der Waals surface area contributed by atoms with Gasteiger partial charge in [0, 0.05) is 11.8 Å². The number of carbonyl (C=O) groups is 1. The summed E-state index contributed by atoms with van der Waals surface area (Å²) in [5, 5.41) is 12.3. The topological polar surface area (TPSA) is 66.6 Å². The second-order valence-electron chi connectivity index (χ2n) is 7.12. The molecule has 27 heavy (non-hydrogen) atoms. The zero-order chi connectivity index (χ0) is 19.6. The Morgan fingerprint density at radius 2 is 1.96 bits per heavy atom. The monoisotopic (exact) mass is 365 g/mol. The summed E-state index contributed by atoms with van der Waals surface area (Å²) in [6.07, 6.45) is 2.85. The molecule has 2 aromatic heterocycles. The van der Waals surface area contributed by atoms with Gasteiger partial charge in [0.15, 0.2) is 0 Å². The Morgan fingerprint density at radius 3 is 2.63 bits per heavy atom. The van der Waals surface area contributed by atoms with E-state index in [9.17, 15) is 9.90 Å². The van der Waals surface area contributed by atoms with Gasteiger partial charge in [-0.2, -0.15) is 0 Å². The molecule has 0 saturated heterocycles. The summed E-state index contributed by atoms with van der Waals surface area (Å²) < 4.78 is 2.00. The molecule has 0 bridgehead atoms. The Labute approximate surface area is 160 Å². The largest absolute Gasteiger partial charge is 0.394 e. The quantitative estimate of drug-likeness (QED) is 0.704. The Bertz CT molecular complexity index is 971. The van der Waals surface area contributed by atoms with E-state index in [-0.39, 0.29) is 25.0 Å². The highest BCUT2D eigenvalue weighted by Crippen LogP contribution is 2.28. The minimum Gasteiger partial charge on any atom is -0.394 e. The van der Waals surface area contributed by atoms with Crippen molar-refractivity contribution in [1.29, 1.82) is 0 Å². The molecule has 0 aliphatic heterocycles. The van der Waals surface area contributed by atoms with Crippen molar-refractivity contribution in [3.05, 3.63) is 58.9 Å². The first kappa shape index (κ1) is 19.1. The van der Waals surface area contributed by atoms with Crippen molar-refractivity contribution in [1.82, 2.24) is 14.7 Å². The number of aliphatic hydroxyl groups excluding tert-OH is 1. The molecule has 0 radical (unpaired) electrons. The van der Waals surface area contributed by atoms with Gasteiger partial charge in [0.05, 0.1) is 30.5 Å². The molecule has 3 aromatic rings. The first-order chi connectivity index (χ1) is 12.9. The van der Waals surface area contributed by atoms with Gasteiger partial charge in [-0.25, -0.2) is 4.98 Å². The Morgan fingerprint density at radius 1 is 1.19 bits per heavy atom. The summed E-state index contributed by atoms with van der Waals surface area (Å²) >= 11 is 0. The lowest BCUT2D eigenvalue weighted by Crippen LogP contribution is -2.38. The number of aromatic nitrogens is 2. The summed E-state index contributed by atoms with van der Waals surface area (Å²) in [5.41, 5.74) is 7.06. The van der Waals surface area contributed by atoms with E-state index in [1.165, 1.54) is 11.1 Å². The molecule has 0 aliphatic carbocycles. The van der Waals surface area contributed by atoms with Gasteiger partial charge in [0.25, 0.3) is 0 Å². The molecule has 0 saturated carbocycles. The number of carbonyl (C=O) groups excluding carboxylic acids is 1. The van der Waals surface area contributed by atoms with Crippen LogP contribution in [0.5, 0.6) is 0 Å². The van der Waals surface area contributed by atoms with Crippen molar-refractivity contribution in [2.24, 2.45) is 0 Å². The van der Waals surface area contributed by atoms with Gasteiger partial charge < -0.3 is 14.8 Å². The van der Waals surface area contributed by atoms with Crippen LogP contribution >= 0.6 is 0 Å². The molecule has 2 heterocycles. The Kier molecular flexibility index (Phi) is 5.61. The summed E-state index contributed by atoms with van der Waals surface area (Å²) in [5.74, 6) is -0.107. The average Bonchev–Trinajstić information content (AvgIpc) is 3.02. The molecule has 1 amide bonds. The van der Waals surface area contributed by atoms with Gasteiger partial charge in [-0.3, -0.25) is 4.79 Å². The molecule has 0 fully saturated rings. The normalized spacial score (nSPS) is 12.3. The number of pyridine rings is 1. The third kappa shape index (κ3) is 3.88. The molecule has 1 unspecified atom stereocenters. The number of hydrogen-bond donors (Lipinski definition) is 2. The van der Waals surface area contributed by atoms with E-state index in [0.29, 0.717) is 6.42 Å². The van der Waals surface area contributed by atoms with Crippen LogP contribution < -0.4 is 5.32 Å². The average molecular weight is 365 g/mol. The number of aliphatic hydroxyl groups is 1. The van der Waals surface area contributed by atoms with Crippen molar-refractivity contribution in [3.63, 3.8) is 0 Å². The van der Waals surface area contributed by atoms with Crippen molar-refractivity contribution in [3.8, 4) is 11.3 Å². The first-order valence-corrected chi connectivity index (χ1v) is 9.39. The molecule has 5 nitrogen and oxygen atoms in total. The molecule has 0 aliphatic rings. The molecule has 142 valence electrons. The van der Waals surface area contributed by atoms with Gasteiger partial charge in [-0.05, 0) is 56.0 Å². The van der Waals surface area contributed by atoms with Crippen molar-refractivity contribution in [2.45, 2.75) is 46.6 Å². The molecular formula is C22H27N3O2. The number of amides is 1. The molecule has 1 atom stereocenters. The molecule has 0 spiro atoms. The number of hydrogen-bond acceptors (Lipinski definition) is 3. The number of nitrogens with one attached hydrogen (secondary N) is 1. The number of imidazole rings is 1. The predicted octanol–water partition coefficient (Wildman–Crippen LogP) is 3.36. The summed E-state index contributed by atoms with van der Waals surface area (Å²) in [6, 6.07) is 10.0. The molecule has 5 heteroatoms. The van der Waals surface area contributed by atoms with E-state index in [4.69, 9.17) is 4.98 Å². The molecule has 3 rings (SSSR count). The zero-order valence-electron chi connectivity index (χ0n) is 16.4. The van der Waals surface area contributed by atoms with E-state index >= 15 is 0 Å². The van der Waals surface area contributed by atoms with Crippen molar-refractivity contribution < 1.29 is 9.90 Å². The predicted molar refractivity (Wildman–Crippen MR) is 108 cm³/mol. The first-order valence-electron chi connectivity index (χ1n) is 9.39. The van der Waals surface area contributed by atoms with Gasteiger partial charge in [0.2, 0.25) is 5.91 Å². The summed E-state index contributed by atoms with van der Waals surface area (Å²) in [4.78, 5) is 17.5. The van der Waals surface area contributed by atoms with Gasteiger partial charge in [-0.15, -0.1) is 0 Å². The maximum absolute atomic E-state index is 12.6. The summed E-state index contributed by atoms with van der Waals surface area (Å²) in [7, 11) is 0. The summed E-state index contributed by atoms with van der Waals surface area (Å²) in [6.45, 7) is 8.08. The fraction of sp³-hybridized carbons (Fsp3) is 0.364. The highest BCUT2D eigenvalue weighted by Gasteiger charge is 2.19. The van der Waals surface area contributed by atoms with Crippen LogP contribution in [-0.2, 0) is 11.2 Å². The zero-order valence-corrected chi connectivity index (χ0v) is 16.4. The number of nitrogens with zero attached hydrogens (tertiary/aromatic N) is 2. The number of rotatable bonds is 6. The van der Waals surface area contributed by atoms with Crippen LogP contribution in [0.15, 0.2) is 36.5 Å².